The van der Waals surface area contributed by atoms with Crippen molar-refractivity contribution in [3.8, 4) is 0 Å². The summed E-state index contributed by atoms with van der Waals surface area (Å²) in [5.74, 6) is 0. The lowest BCUT2D eigenvalue weighted by atomic mass is 10.2. The quantitative estimate of drug-likeness (QED) is 0.555. The minimum atomic E-state index is -5.04. The monoisotopic (exact) mass is 264 g/mol. The first-order chi connectivity index (χ1) is 7.21. The van der Waals surface area contributed by atoms with E-state index in [1.165, 1.54) is 12.1 Å². The lowest BCUT2D eigenvalue weighted by molar-refractivity contribution is 0.383. The molecule has 0 unspecified atom stereocenters. The average Bonchev–Trinajstić information content (AvgIpc) is 2.12. The Morgan fingerprint density at radius 1 is 1.19 bits per heavy atom. The van der Waals surface area contributed by atoms with Crippen LogP contribution in [0.5, 0.6) is 0 Å². The maximum atomic E-state index is 10.9. The van der Waals surface area contributed by atoms with E-state index in [1.807, 2.05) is 0 Å². The highest BCUT2D eigenvalue weighted by Gasteiger charge is 2.31. The van der Waals surface area contributed by atoms with Crippen molar-refractivity contribution in [2.24, 2.45) is 0 Å². The standard InChI is InChI=1S/C8H9O6PS/c9-15(10,11)8(16(12,13)14)6-7-4-2-1-3-5-7/h1-6H,(H2,9,10,11)(H,12,13,14)/b8-6-. The molecular formula is C8H9O6PS. The molecule has 0 atom stereocenters. The van der Waals surface area contributed by atoms with E-state index in [9.17, 15) is 13.0 Å². The number of rotatable bonds is 3. The van der Waals surface area contributed by atoms with Gasteiger partial charge in [0.2, 0.25) is 0 Å². The fourth-order valence-electron chi connectivity index (χ4n) is 1.00. The van der Waals surface area contributed by atoms with Crippen LogP contribution in [0.15, 0.2) is 35.0 Å². The van der Waals surface area contributed by atoms with Gasteiger partial charge in [-0.25, -0.2) is 0 Å². The minimum Gasteiger partial charge on any atom is -0.320 e. The fourth-order valence-corrected chi connectivity index (χ4v) is 2.81. The van der Waals surface area contributed by atoms with Crippen molar-refractivity contribution in [2.75, 3.05) is 0 Å². The van der Waals surface area contributed by atoms with Gasteiger partial charge >= 0.3 is 17.7 Å². The van der Waals surface area contributed by atoms with Crippen LogP contribution in [0.4, 0.5) is 0 Å². The normalized spacial score (nSPS) is 13.8. The van der Waals surface area contributed by atoms with Crippen LogP contribution in [0.25, 0.3) is 6.08 Å². The Hall–Kier alpha value is -0.980. The third-order valence-electron chi connectivity index (χ3n) is 1.64. The Kier molecular flexibility index (Phi) is 3.67. The van der Waals surface area contributed by atoms with Crippen LogP contribution in [0.2, 0.25) is 0 Å². The lowest BCUT2D eigenvalue weighted by Crippen LogP contribution is -2.02. The van der Waals surface area contributed by atoms with Gasteiger partial charge in [-0.05, 0) is 11.6 Å². The largest absolute Gasteiger partial charge is 0.370 e. The van der Waals surface area contributed by atoms with E-state index in [1.54, 1.807) is 18.2 Å². The van der Waals surface area contributed by atoms with Gasteiger partial charge in [-0.3, -0.25) is 9.12 Å². The lowest BCUT2D eigenvalue weighted by Gasteiger charge is -2.05. The van der Waals surface area contributed by atoms with E-state index >= 15 is 0 Å². The van der Waals surface area contributed by atoms with Crippen LogP contribution >= 0.6 is 7.60 Å². The molecule has 16 heavy (non-hydrogen) atoms. The van der Waals surface area contributed by atoms with Crippen molar-refractivity contribution >= 4 is 23.8 Å². The van der Waals surface area contributed by atoms with Gasteiger partial charge in [0.25, 0.3) is 0 Å². The molecule has 0 spiro atoms. The first-order valence-electron chi connectivity index (χ1n) is 4.01. The molecule has 0 aliphatic heterocycles. The zero-order valence-electron chi connectivity index (χ0n) is 7.89. The van der Waals surface area contributed by atoms with Gasteiger partial charge in [0, 0.05) is 0 Å². The molecule has 0 radical (unpaired) electrons. The third kappa shape index (κ3) is 3.55. The molecule has 0 aliphatic carbocycles. The van der Waals surface area contributed by atoms with Gasteiger partial charge in [0.15, 0.2) is 4.65 Å². The van der Waals surface area contributed by atoms with E-state index < -0.39 is 22.4 Å². The van der Waals surface area contributed by atoms with Crippen LogP contribution < -0.4 is 0 Å². The Bertz CT molecular complexity index is 541. The highest BCUT2D eigenvalue weighted by Crippen LogP contribution is 2.48. The molecule has 0 bridgehead atoms. The van der Waals surface area contributed by atoms with Gasteiger partial charge in [0.1, 0.15) is 0 Å². The Balaban J connectivity index is 3.36. The van der Waals surface area contributed by atoms with Crippen LogP contribution in [-0.2, 0) is 14.7 Å². The van der Waals surface area contributed by atoms with Crippen molar-refractivity contribution in [1.82, 2.24) is 0 Å². The second-order valence-corrected chi connectivity index (χ2v) is 6.17. The molecule has 3 N–H and O–H groups in total. The molecule has 0 amide bonds. The Labute approximate surface area is 92.2 Å². The van der Waals surface area contributed by atoms with Gasteiger partial charge in [-0.2, -0.15) is 8.42 Å². The minimum absolute atomic E-state index is 0.262. The molecule has 0 saturated carbocycles. The van der Waals surface area contributed by atoms with Crippen molar-refractivity contribution < 1.29 is 27.3 Å². The summed E-state index contributed by atoms with van der Waals surface area (Å²) in [6.45, 7) is 0. The van der Waals surface area contributed by atoms with Gasteiger partial charge < -0.3 is 9.79 Å². The molecule has 1 rings (SSSR count). The SMILES string of the molecule is O=P(O)(O)/C(=C/c1ccccc1)S(=O)(=O)O. The van der Waals surface area contributed by atoms with Crippen molar-refractivity contribution in [3.05, 3.63) is 40.5 Å². The maximum absolute atomic E-state index is 10.9. The third-order valence-corrected chi connectivity index (χ3v) is 4.40. The number of benzene rings is 1. The van der Waals surface area contributed by atoms with Gasteiger partial charge in [-0.15, -0.1) is 0 Å². The maximum Gasteiger partial charge on any atom is 0.370 e. The Morgan fingerprint density at radius 2 is 1.69 bits per heavy atom. The first kappa shape index (κ1) is 13.1. The fraction of sp³-hybridized carbons (Fsp3) is 0. The molecule has 1 aromatic carbocycles. The molecule has 8 heteroatoms. The molecule has 88 valence electrons. The molecule has 0 saturated heterocycles. The van der Waals surface area contributed by atoms with Crippen LogP contribution in [0.1, 0.15) is 5.56 Å². The Morgan fingerprint density at radius 3 is 2.06 bits per heavy atom. The van der Waals surface area contributed by atoms with Crippen molar-refractivity contribution in [3.63, 3.8) is 0 Å². The number of hydrogen-bond acceptors (Lipinski definition) is 3. The molecule has 0 aromatic heterocycles. The zero-order chi connectivity index (χ0) is 12.4. The highest BCUT2D eigenvalue weighted by molar-refractivity contribution is 7.99. The first-order valence-corrected chi connectivity index (χ1v) is 7.07. The van der Waals surface area contributed by atoms with Gasteiger partial charge in [0.05, 0.1) is 0 Å². The van der Waals surface area contributed by atoms with E-state index in [0.717, 1.165) is 6.08 Å². The molecule has 0 fully saturated rings. The molecule has 6 nitrogen and oxygen atoms in total. The summed E-state index contributed by atoms with van der Waals surface area (Å²) in [6, 6.07) is 7.67. The van der Waals surface area contributed by atoms with E-state index in [-0.39, 0.29) is 5.56 Å². The second kappa shape index (κ2) is 4.48. The van der Waals surface area contributed by atoms with Crippen molar-refractivity contribution in [1.29, 1.82) is 0 Å². The van der Waals surface area contributed by atoms with E-state index in [0.29, 0.717) is 0 Å². The molecular weight excluding hydrogens is 255 g/mol. The topological polar surface area (TPSA) is 112 Å². The summed E-state index contributed by atoms with van der Waals surface area (Å²) in [7, 11) is -9.96. The summed E-state index contributed by atoms with van der Waals surface area (Å²) in [6.07, 6.45) is 0.732. The predicted molar refractivity (Wildman–Crippen MR) is 58.0 cm³/mol. The summed E-state index contributed by atoms with van der Waals surface area (Å²) in [5.41, 5.74) is 0.262. The summed E-state index contributed by atoms with van der Waals surface area (Å²) >= 11 is 0. The van der Waals surface area contributed by atoms with Crippen LogP contribution in [0.3, 0.4) is 0 Å². The van der Waals surface area contributed by atoms with Gasteiger partial charge in [-0.1, -0.05) is 30.3 Å². The molecule has 0 heterocycles. The molecule has 0 aliphatic rings. The zero-order valence-corrected chi connectivity index (χ0v) is 9.60. The summed E-state index contributed by atoms with van der Waals surface area (Å²) in [4.78, 5) is 17.6. The molecule has 1 aromatic rings. The average molecular weight is 264 g/mol. The highest BCUT2D eigenvalue weighted by atomic mass is 32.2. The summed E-state index contributed by atoms with van der Waals surface area (Å²) < 4.78 is 39.8. The smallest absolute Gasteiger partial charge is 0.320 e. The van der Waals surface area contributed by atoms with Crippen LogP contribution in [-0.4, -0.2) is 22.8 Å². The van der Waals surface area contributed by atoms with Crippen molar-refractivity contribution in [2.45, 2.75) is 0 Å². The second-order valence-electron chi connectivity index (χ2n) is 2.91. The van der Waals surface area contributed by atoms with Crippen LogP contribution in [0, 0.1) is 0 Å². The summed E-state index contributed by atoms with van der Waals surface area (Å²) in [5, 5.41) is 0. The van der Waals surface area contributed by atoms with E-state index in [4.69, 9.17) is 14.3 Å². The predicted octanol–water partition coefficient (Wildman–Crippen LogP) is 1.05. The number of hydrogen-bond donors (Lipinski definition) is 3. The van der Waals surface area contributed by atoms with E-state index in [2.05, 4.69) is 0 Å².